The maximum absolute atomic E-state index is 2.92. The van der Waals surface area contributed by atoms with Crippen LogP contribution in [0.4, 0.5) is 0 Å². The summed E-state index contributed by atoms with van der Waals surface area (Å²) in [6.45, 7) is 0. The minimum absolute atomic E-state index is 0.990. The van der Waals surface area contributed by atoms with E-state index in [9.17, 15) is 0 Å². The molecule has 0 N–H and O–H groups in total. The smallest absolute Gasteiger partial charge is 0.0157 e. The maximum Gasteiger partial charge on any atom is -0.0157 e. The van der Waals surface area contributed by atoms with Gasteiger partial charge in [0.2, 0.25) is 0 Å². The zero-order chi connectivity index (χ0) is 4.95. The molecule has 0 fully saturated rings. The predicted molar refractivity (Wildman–Crippen MR) is 29.4 cm³/mol. The number of hydrogen-bond donors (Lipinski definition) is 0. The first-order valence-electron chi connectivity index (χ1n) is 2.30. The van der Waals surface area contributed by atoms with Crippen LogP contribution in [0.2, 0.25) is 0 Å². The minimum atomic E-state index is 0.990. The fourth-order valence-corrected chi connectivity index (χ4v) is 0.427. The molecular weight excluding hydrogens is 84.1 g/mol. The highest BCUT2D eigenvalue weighted by atomic mass is 13.8. The van der Waals surface area contributed by atoms with Gasteiger partial charge in [0, 0.05) is 0 Å². The van der Waals surface area contributed by atoms with Crippen LogP contribution in [0.3, 0.4) is 0 Å². The summed E-state index contributed by atoms with van der Waals surface area (Å²) >= 11 is 0. The highest BCUT2D eigenvalue weighted by Gasteiger charge is 1.72. The molecule has 0 bridgehead atoms. The van der Waals surface area contributed by atoms with Crippen molar-refractivity contribution < 1.29 is 0 Å². The van der Waals surface area contributed by atoms with E-state index in [4.69, 9.17) is 0 Å². The third kappa shape index (κ3) is 1.40. The summed E-state index contributed by atoms with van der Waals surface area (Å²) in [6, 6.07) is 0. The fraction of sp³-hybridized carbons (Fsp3) is 0.143. The van der Waals surface area contributed by atoms with Gasteiger partial charge in [0.25, 0.3) is 0 Å². The largest absolute Gasteiger partial charge is 0.0801 e. The van der Waals surface area contributed by atoms with E-state index in [0.717, 1.165) is 6.42 Å². The van der Waals surface area contributed by atoms with E-state index in [1.165, 1.54) is 0 Å². The number of allylic oxidation sites excluding steroid dienone is 6. The monoisotopic (exact) mass is 90.0 g/mol. The second-order valence-corrected chi connectivity index (χ2v) is 1.32. The van der Waals surface area contributed by atoms with Crippen LogP contribution >= 0.6 is 0 Å². The Hall–Kier alpha value is -0.780. The highest BCUT2D eigenvalue weighted by molar-refractivity contribution is 5.07. The number of hydrogen-bond acceptors (Lipinski definition) is 0. The van der Waals surface area contributed by atoms with Crippen molar-refractivity contribution in [3.8, 4) is 0 Å². The second kappa shape index (κ2) is 2.40. The van der Waals surface area contributed by atoms with Gasteiger partial charge in [0.05, 0.1) is 0 Å². The maximum atomic E-state index is 2.92. The second-order valence-electron chi connectivity index (χ2n) is 1.32. The summed E-state index contributed by atoms with van der Waals surface area (Å²) in [6.07, 6.45) is 14.5. The van der Waals surface area contributed by atoms with Crippen molar-refractivity contribution in [2.45, 2.75) is 6.42 Å². The Balaban J connectivity index is 2.60. The molecular formula is C7H6. The average Bonchev–Trinajstić information content (AvgIpc) is 1.90. The molecule has 0 aliphatic heterocycles. The molecule has 0 spiro atoms. The lowest BCUT2D eigenvalue weighted by Crippen LogP contribution is -1.49. The van der Waals surface area contributed by atoms with Gasteiger partial charge in [-0.3, -0.25) is 0 Å². The Labute approximate surface area is 43.9 Å². The van der Waals surface area contributed by atoms with Crippen molar-refractivity contribution in [3.63, 3.8) is 0 Å². The van der Waals surface area contributed by atoms with Crippen molar-refractivity contribution in [2.24, 2.45) is 0 Å². The summed E-state index contributed by atoms with van der Waals surface area (Å²) < 4.78 is 0. The SMILES string of the molecule is [C]1=C[C]=CCC=C1. The zero-order valence-electron chi connectivity index (χ0n) is 4.02. The Morgan fingerprint density at radius 1 is 1.29 bits per heavy atom. The molecule has 0 heteroatoms. The van der Waals surface area contributed by atoms with Crippen LogP contribution in [-0.4, -0.2) is 0 Å². The molecule has 1 rings (SSSR count). The Bertz CT molecular complexity index is 102. The minimum Gasteiger partial charge on any atom is -0.0801 e. The first kappa shape index (κ1) is 4.38. The van der Waals surface area contributed by atoms with Gasteiger partial charge in [-0.05, 0) is 24.6 Å². The summed E-state index contributed by atoms with van der Waals surface area (Å²) in [5, 5.41) is 0. The highest BCUT2D eigenvalue weighted by Crippen LogP contribution is 1.90. The molecule has 1 aliphatic rings. The quantitative estimate of drug-likeness (QED) is 0.424. The van der Waals surface area contributed by atoms with Crippen LogP contribution in [0.15, 0.2) is 24.3 Å². The van der Waals surface area contributed by atoms with Crippen molar-refractivity contribution >= 4 is 0 Å². The van der Waals surface area contributed by atoms with Gasteiger partial charge < -0.3 is 0 Å². The van der Waals surface area contributed by atoms with Crippen LogP contribution in [-0.2, 0) is 0 Å². The van der Waals surface area contributed by atoms with Crippen molar-refractivity contribution in [3.05, 3.63) is 36.5 Å². The third-order valence-electron chi connectivity index (χ3n) is 0.753. The molecule has 0 saturated carbocycles. The lowest BCUT2D eigenvalue weighted by atomic mass is 10.4. The average molecular weight is 90.1 g/mol. The fourth-order valence-electron chi connectivity index (χ4n) is 0.427. The predicted octanol–water partition coefficient (Wildman–Crippen LogP) is 1.67. The first-order valence-corrected chi connectivity index (χ1v) is 2.30. The first-order chi connectivity index (χ1) is 3.50. The van der Waals surface area contributed by atoms with Gasteiger partial charge >= 0.3 is 0 Å². The molecule has 0 amide bonds. The van der Waals surface area contributed by atoms with Gasteiger partial charge in [-0.1, -0.05) is 18.2 Å². The Morgan fingerprint density at radius 2 is 2.29 bits per heavy atom. The molecule has 34 valence electrons. The van der Waals surface area contributed by atoms with Crippen molar-refractivity contribution in [1.29, 1.82) is 0 Å². The van der Waals surface area contributed by atoms with E-state index in [-0.39, 0.29) is 0 Å². The normalized spacial score (nSPS) is 17.1. The van der Waals surface area contributed by atoms with Gasteiger partial charge in [-0.15, -0.1) is 0 Å². The molecule has 2 radical (unpaired) electrons. The third-order valence-corrected chi connectivity index (χ3v) is 0.753. The van der Waals surface area contributed by atoms with Gasteiger partial charge in [0.1, 0.15) is 0 Å². The van der Waals surface area contributed by atoms with Crippen LogP contribution < -0.4 is 0 Å². The molecule has 0 aromatic rings. The molecule has 7 heavy (non-hydrogen) atoms. The van der Waals surface area contributed by atoms with E-state index in [0.29, 0.717) is 0 Å². The van der Waals surface area contributed by atoms with Crippen LogP contribution in [0.25, 0.3) is 0 Å². The molecule has 0 unspecified atom stereocenters. The lowest BCUT2D eigenvalue weighted by Gasteiger charge is -1.68. The summed E-state index contributed by atoms with van der Waals surface area (Å²) in [7, 11) is 0. The molecule has 0 saturated heterocycles. The van der Waals surface area contributed by atoms with E-state index in [1.54, 1.807) is 6.08 Å². The zero-order valence-corrected chi connectivity index (χ0v) is 4.02. The van der Waals surface area contributed by atoms with Gasteiger partial charge in [-0.2, -0.15) is 0 Å². The summed E-state index contributed by atoms with van der Waals surface area (Å²) in [4.78, 5) is 0. The summed E-state index contributed by atoms with van der Waals surface area (Å²) in [5.74, 6) is 0. The van der Waals surface area contributed by atoms with E-state index in [1.807, 2.05) is 18.2 Å². The van der Waals surface area contributed by atoms with Gasteiger partial charge in [0.15, 0.2) is 0 Å². The molecule has 0 heterocycles. The molecule has 0 aromatic heterocycles. The number of rotatable bonds is 0. The standard InChI is InChI=1S/C7H6/c1-2-4-6-7-5-3-1/h1-2,5-6H,3H2. The molecule has 1 aliphatic carbocycles. The van der Waals surface area contributed by atoms with Crippen LogP contribution in [0, 0.1) is 12.2 Å². The van der Waals surface area contributed by atoms with Crippen molar-refractivity contribution in [1.82, 2.24) is 0 Å². The topological polar surface area (TPSA) is 0 Å². The van der Waals surface area contributed by atoms with Crippen molar-refractivity contribution in [2.75, 3.05) is 0 Å². The molecule has 0 aromatic carbocycles. The molecule has 0 atom stereocenters. The van der Waals surface area contributed by atoms with Gasteiger partial charge in [-0.25, -0.2) is 0 Å². The molecule has 0 nitrogen and oxygen atoms in total. The van der Waals surface area contributed by atoms with E-state index in [2.05, 4.69) is 12.2 Å². The van der Waals surface area contributed by atoms with E-state index >= 15 is 0 Å². The Kier molecular flexibility index (Phi) is 1.50. The summed E-state index contributed by atoms with van der Waals surface area (Å²) in [5.41, 5.74) is 0. The van der Waals surface area contributed by atoms with Crippen LogP contribution in [0.5, 0.6) is 0 Å². The van der Waals surface area contributed by atoms with E-state index < -0.39 is 0 Å². The van der Waals surface area contributed by atoms with Crippen LogP contribution in [0.1, 0.15) is 6.42 Å². The lowest BCUT2D eigenvalue weighted by molar-refractivity contribution is 1.40. The Morgan fingerprint density at radius 3 is 3.29 bits per heavy atom.